The van der Waals surface area contributed by atoms with E-state index < -0.39 is 54.5 Å². The van der Waals surface area contributed by atoms with Crippen molar-refractivity contribution in [3.8, 4) is 5.75 Å². The quantitative estimate of drug-likeness (QED) is 0.128. The first-order valence-corrected chi connectivity index (χ1v) is 12.0. The van der Waals surface area contributed by atoms with Gasteiger partial charge in [0, 0.05) is 0 Å². The molecule has 0 radical (unpaired) electrons. The number of benzene rings is 1. The van der Waals surface area contributed by atoms with Crippen molar-refractivity contribution in [2.24, 2.45) is 17.4 Å². The number of nitrogens with two attached hydrogens (primary N) is 2. The lowest BCUT2D eigenvalue weighted by atomic mass is 9.99. The van der Waals surface area contributed by atoms with Crippen molar-refractivity contribution in [1.29, 1.82) is 0 Å². The standard InChI is InChI=1S/C24H39N5O7/c1-3-14(2)20(24(35)36)29-23(34)19(13-30)28-22(33)18(6-4-5-11-25)27-21(32)17(26)12-15-7-9-16(31)10-8-15/h7-10,14,17-20,30-31H,3-6,11-13,25-26H2,1-2H3,(H,27,32)(H,28,33)(H,29,34)(H,35,36). The van der Waals surface area contributed by atoms with Gasteiger partial charge in [-0.2, -0.15) is 0 Å². The van der Waals surface area contributed by atoms with Crippen molar-refractivity contribution in [3.05, 3.63) is 29.8 Å². The summed E-state index contributed by atoms with van der Waals surface area (Å²) in [5.74, 6) is -3.69. The van der Waals surface area contributed by atoms with Crippen molar-refractivity contribution in [2.45, 2.75) is 70.1 Å². The molecule has 0 spiro atoms. The minimum Gasteiger partial charge on any atom is -0.508 e. The maximum Gasteiger partial charge on any atom is 0.326 e. The van der Waals surface area contributed by atoms with Gasteiger partial charge in [0.1, 0.15) is 23.9 Å². The van der Waals surface area contributed by atoms with Crippen LogP contribution in [0.4, 0.5) is 0 Å². The van der Waals surface area contributed by atoms with Gasteiger partial charge >= 0.3 is 5.97 Å². The zero-order chi connectivity index (χ0) is 27.3. The number of carboxylic acid groups (broad SMARTS) is 1. The number of nitrogens with one attached hydrogen (secondary N) is 3. The third-order valence-corrected chi connectivity index (χ3v) is 5.90. The van der Waals surface area contributed by atoms with Crippen LogP contribution in [-0.2, 0) is 25.6 Å². The molecule has 36 heavy (non-hydrogen) atoms. The monoisotopic (exact) mass is 509 g/mol. The Kier molecular flexibility index (Phi) is 13.4. The normalized spacial score (nSPS) is 15.1. The number of aromatic hydroxyl groups is 1. The first-order chi connectivity index (χ1) is 17.0. The molecule has 202 valence electrons. The summed E-state index contributed by atoms with van der Waals surface area (Å²) >= 11 is 0. The highest BCUT2D eigenvalue weighted by Gasteiger charge is 2.31. The van der Waals surface area contributed by atoms with E-state index in [4.69, 9.17) is 11.5 Å². The molecule has 0 fully saturated rings. The molecule has 0 heterocycles. The summed E-state index contributed by atoms with van der Waals surface area (Å²) in [6.45, 7) is 3.06. The Hall–Kier alpha value is -3.22. The van der Waals surface area contributed by atoms with Crippen LogP contribution in [0.15, 0.2) is 24.3 Å². The Morgan fingerprint density at radius 3 is 2.06 bits per heavy atom. The van der Waals surface area contributed by atoms with Gasteiger partial charge in [0.05, 0.1) is 12.6 Å². The highest BCUT2D eigenvalue weighted by Crippen LogP contribution is 2.12. The van der Waals surface area contributed by atoms with Gasteiger partial charge in [-0.15, -0.1) is 0 Å². The summed E-state index contributed by atoms with van der Waals surface area (Å²) in [5, 5.41) is 35.8. The maximum atomic E-state index is 12.9. The molecule has 0 aromatic heterocycles. The van der Waals surface area contributed by atoms with E-state index in [0.29, 0.717) is 31.4 Å². The van der Waals surface area contributed by atoms with E-state index in [1.807, 2.05) is 0 Å². The van der Waals surface area contributed by atoms with Crippen molar-refractivity contribution in [2.75, 3.05) is 13.2 Å². The lowest BCUT2D eigenvalue weighted by Gasteiger charge is -2.25. The molecule has 12 heteroatoms. The highest BCUT2D eigenvalue weighted by atomic mass is 16.4. The molecular formula is C24H39N5O7. The molecule has 0 bridgehead atoms. The fraction of sp³-hybridized carbons (Fsp3) is 0.583. The van der Waals surface area contributed by atoms with E-state index in [0.717, 1.165) is 0 Å². The van der Waals surface area contributed by atoms with Gasteiger partial charge in [0.2, 0.25) is 17.7 Å². The average Bonchev–Trinajstić information content (AvgIpc) is 2.85. The van der Waals surface area contributed by atoms with Crippen LogP contribution < -0.4 is 27.4 Å². The highest BCUT2D eigenvalue weighted by molar-refractivity contribution is 5.94. The number of phenols is 1. The van der Waals surface area contributed by atoms with Crippen LogP contribution in [0.5, 0.6) is 5.75 Å². The maximum absolute atomic E-state index is 12.9. The SMILES string of the molecule is CCC(C)C(NC(=O)C(CO)NC(=O)C(CCCCN)NC(=O)C(N)Cc1ccc(O)cc1)C(=O)O. The molecule has 3 amide bonds. The zero-order valence-electron chi connectivity index (χ0n) is 20.8. The Labute approximate surface area is 210 Å². The molecule has 0 aliphatic carbocycles. The number of hydrogen-bond donors (Lipinski definition) is 8. The number of carbonyl (C=O) groups is 4. The van der Waals surface area contributed by atoms with Crippen molar-refractivity contribution in [3.63, 3.8) is 0 Å². The van der Waals surface area contributed by atoms with Gasteiger partial charge < -0.3 is 42.7 Å². The number of rotatable bonds is 16. The van der Waals surface area contributed by atoms with E-state index in [1.54, 1.807) is 26.0 Å². The Morgan fingerprint density at radius 1 is 0.944 bits per heavy atom. The Bertz CT molecular complexity index is 865. The predicted octanol–water partition coefficient (Wildman–Crippen LogP) is -1.03. The van der Waals surface area contributed by atoms with E-state index in [9.17, 15) is 34.5 Å². The molecule has 5 atom stereocenters. The number of phenolic OH excluding ortho intramolecular Hbond substituents is 1. The third kappa shape index (κ3) is 10.2. The van der Waals surface area contributed by atoms with Crippen molar-refractivity contribution in [1.82, 2.24) is 16.0 Å². The number of aliphatic hydroxyl groups excluding tert-OH is 1. The van der Waals surface area contributed by atoms with E-state index in [2.05, 4.69) is 16.0 Å². The van der Waals surface area contributed by atoms with Gasteiger partial charge in [0.25, 0.3) is 0 Å². The minimum atomic E-state index is -1.41. The zero-order valence-corrected chi connectivity index (χ0v) is 20.8. The Balaban J connectivity index is 2.88. The second kappa shape index (κ2) is 15.7. The van der Waals surface area contributed by atoms with E-state index >= 15 is 0 Å². The summed E-state index contributed by atoms with van der Waals surface area (Å²) in [6.07, 6.45) is 1.97. The van der Waals surface area contributed by atoms with Gasteiger partial charge in [-0.3, -0.25) is 14.4 Å². The molecule has 5 unspecified atom stereocenters. The first kappa shape index (κ1) is 30.8. The second-order valence-corrected chi connectivity index (χ2v) is 8.78. The molecule has 1 aromatic carbocycles. The van der Waals surface area contributed by atoms with Crippen LogP contribution >= 0.6 is 0 Å². The van der Waals surface area contributed by atoms with Gasteiger partial charge in [-0.1, -0.05) is 32.4 Å². The number of carboxylic acids is 1. The number of amides is 3. The smallest absolute Gasteiger partial charge is 0.326 e. The van der Waals surface area contributed by atoms with Crippen LogP contribution in [0.2, 0.25) is 0 Å². The molecule has 1 aromatic rings. The fourth-order valence-corrected chi connectivity index (χ4v) is 3.42. The molecule has 0 aliphatic heterocycles. The summed E-state index contributed by atoms with van der Waals surface area (Å²) < 4.78 is 0. The van der Waals surface area contributed by atoms with Crippen LogP contribution in [0.3, 0.4) is 0 Å². The van der Waals surface area contributed by atoms with Crippen molar-refractivity contribution >= 4 is 23.7 Å². The minimum absolute atomic E-state index is 0.0784. The third-order valence-electron chi connectivity index (χ3n) is 5.90. The summed E-state index contributed by atoms with van der Waals surface area (Å²) in [7, 11) is 0. The van der Waals surface area contributed by atoms with Gasteiger partial charge in [0.15, 0.2) is 0 Å². The van der Waals surface area contributed by atoms with Crippen LogP contribution in [0, 0.1) is 5.92 Å². The van der Waals surface area contributed by atoms with Gasteiger partial charge in [-0.25, -0.2) is 4.79 Å². The summed E-state index contributed by atoms with van der Waals surface area (Å²) in [5.41, 5.74) is 12.2. The van der Waals surface area contributed by atoms with Crippen LogP contribution in [0.25, 0.3) is 0 Å². The molecule has 0 aliphatic rings. The molecule has 0 saturated carbocycles. The summed E-state index contributed by atoms with van der Waals surface area (Å²) in [6, 6.07) is 1.56. The van der Waals surface area contributed by atoms with Gasteiger partial charge in [-0.05, 0) is 55.8 Å². The molecular weight excluding hydrogens is 470 g/mol. The van der Waals surface area contributed by atoms with Crippen molar-refractivity contribution < 1.29 is 34.5 Å². The average molecular weight is 510 g/mol. The van der Waals surface area contributed by atoms with Crippen LogP contribution in [-0.4, -0.2) is 76.3 Å². The number of aliphatic carboxylic acids is 1. The topological polar surface area (TPSA) is 217 Å². The molecule has 10 N–H and O–H groups in total. The lowest BCUT2D eigenvalue weighted by molar-refractivity contribution is -0.144. The molecule has 0 saturated heterocycles. The summed E-state index contributed by atoms with van der Waals surface area (Å²) in [4.78, 5) is 49.7. The number of unbranched alkanes of at least 4 members (excludes halogenated alkanes) is 1. The largest absolute Gasteiger partial charge is 0.508 e. The number of aliphatic hydroxyl groups is 1. The molecule has 12 nitrogen and oxygen atoms in total. The van der Waals surface area contributed by atoms with Crippen LogP contribution in [0.1, 0.15) is 45.1 Å². The Morgan fingerprint density at radius 2 is 1.53 bits per heavy atom. The number of hydrogen-bond acceptors (Lipinski definition) is 8. The van der Waals surface area contributed by atoms with E-state index in [-0.39, 0.29) is 24.5 Å². The lowest BCUT2D eigenvalue weighted by Crippen LogP contribution is -2.58. The fourth-order valence-electron chi connectivity index (χ4n) is 3.42. The predicted molar refractivity (Wildman–Crippen MR) is 133 cm³/mol. The first-order valence-electron chi connectivity index (χ1n) is 12.0. The second-order valence-electron chi connectivity index (χ2n) is 8.78. The van der Waals surface area contributed by atoms with E-state index in [1.165, 1.54) is 12.1 Å². The number of carbonyl (C=O) groups excluding carboxylic acids is 3. The molecule has 1 rings (SSSR count).